The van der Waals surface area contributed by atoms with Gasteiger partial charge in [-0.15, -0.1) is 0 Å². The topological polar surface area (TPSA) is 62.5 Å². The number of carbonyl (C=O) groups is 1. The van der Waals surface area contributed by atoms with Crippen molar-refractivity contribution in [2.45, 2.75) is 12.6 Å². The van der Waals surface area contributed by atoms with Crippen LogP contribution in [-0.2, 0) is 6.54 Å². The van der Waals surface area contributed by atoms with Gasteiger partial charge in [0.1, 0.15) is 6.04 Å². The summed E-state index contributed by atoms with van der Waals surface area (Å²) in [6, 6.07) is 33.8. The lowest BCUT2D eigenvalue weighted by Gasteiger charge is -2.39. The van der Waals surface area contributed by atoms with Gasteiger partial charge < -0.3 is 9.42 Å². The van der Waals surface area contributed by atoms with E-state index in [2.05, 4.69) is 40.4 Å². The molecule has 1 aliphatic heterocycles. The summed E-state index contributed by atoms with van der Waals surface area (Å²) in [6.07, 6.45) is 0. The average molecular weight is 475 g/mol. The van der Waals surface area contributed by atoms with Crippen LogP contribution in [0.15, 0.2) is 108 Å². The second kappa shape index (κ2) is 9.76. The van der Waals surface area contributed by atoms with Crippen molar-refractivity contribution >= 4 is 16.7 Å². The van der Waals surface area contributed by atoms with Crippen molar-refractivity contribution in [1.29, 1.82) is 0 Å². The number of nitrogens with zero attached hydrogens (tertiary/aromatic N) is 4. The lowest BCUT2D eigenvalue weighted by molar-refractivity contribution is 0.0357. The molecular weight excluding hydrogens is 448 g/mol. The summed E-state index contributed by atoms with van der Waals surface area (Å²) in [5.74, 6) is 0.967. The third-order valence-corrected chi connectivity index (χ3v) is 6.73. The summed E-state index contributed by atoms with van der Waals surface area (Å²) in [4.78, 5) is 22.7. The molecular formula is C30H26N4O2. The first kappa shape index (κ1) is 22.2. The first-order valence-electron chi connectivity index (χ1n) is 12.2. The van der Waals surface area contributed by atoms with Crippen LogP contribution in [0, 0.1) is 0 Å². The highest BCUT2D eigenvalue weighted by atomic mass is 16.5. The first-order valence-corrected chi connectivity index (χ1v) is 12.2. The standard InChI is InChI=1S/C30H26N4O2/c35-30(26-16-15-23-11-7-8-14-25(23)19-26)34-18-17-33(20-22-9-3-1-4-10-22)21-27(34)29-31-28(32-36-29)24-12-5-2-6-13-24/h1-16,19,27H,17-18,20-21H2. The number of benzene rings is 4. The molecule has 2 heterocycles. The van der Waals surface area contributed by atoms with Crippen molar-refractivity contribution in [3.63, 3.8) is 0 Å². The maximum absolute atomic E-state index is 13.8. The van der Waals surface area contributed by atoms with E-state index in [4.69, 9.17) is 9.51 Å². The molecule has 1 unspecified atom stereocenters. The van der Waals surface area contributed by atoms with Crippen LogP contribution in [0.3, 0.4) is 0 Å². The van der Waals surface area contributed by atoms with Crippen LogP contribution in [-0.4, -0.2) is 45.5 Å². The third kappa shape index (κ3) is 4.51. The van der Waals surface area contributed by atoms with Gasteiger partial charge >= 0.3 is 0 Å². The Morgan fingerprint density at radius 1 is 0.833 bits per heavy atom. The van der Waals surface area contributed by atoms with E-state index in [1.165, 1.54) is 5.56 Å². The molecule has 6 heteroatoms. The highest BCUT2D eigenvalue weighted by molar-refractivity contribution is 5.98. The third-order valence-electron chi connectivity index (χ3n) is 6.73. The minimum atomic E-state index is -0.341. The molecule has 1 fully saturated rings. The summed E-state index contributed by atoms with van der Waals surface area (Å²) in [6.45, 7) is 2.76. The van der Waals surface area contributed by atoms with Crippen LogP contribution in [0.25, 0.3) is 22.2 Å². The molecule has 178 valence electrons. The van der Waals surface area contributed by atoms with Gasteiger partial charge in [-0.1, -0.05) is 96.2 Å². The fourth-order valence-corrected chi connectivity index (χ4v) is 4.84. The highest BCUT2D eigenvalue weighted by Gasteiger charge is 2.36. The molecule has 1 aromatic heterocycles. The maximum Gasteiger partial charge on any atom is 0.254 e. The Labute approximate surface area is 209 Å². The number of carbonyl (C=O) groups excluding carboxylic acids is 1. The van der Waals surface area contributed by atoms with Crippen LogP contribution >= 0.6 is 0 Å². The van der Waals surface area contributed by atoms with Crippen LogP contribution in [0.4, 0.5) is 0 Å². The Kier molecular flexibility index (Phi) is 6.01. The fourth-order valence-electron chi connectivity index (χ4n) is 4.84. The zero-order valence-corrected chi connectivity index (χ0v) is 19.8. The van der Waals surface area contributed by atoms with Crippen molar-refractivity contribution in [1.82, 2.24) is 19.9 Å². The van der Waals surface area contributed by atoms with Gasteiger partial charge in [-0.2, -0.15) is 4.98 Å². The largest absolute Gasteiger partial charge is 0.337 e. The quantitative estimate of drug-likeness (QED) is 0.332. The molecule has 1 saturated heterocycles. The summed E-state index contributed by atoms with van der Waals surface area (Å²) < 4.78 is 5.76. The Bertz CT molecular complexity index is 1480. The highest BCUT2D eigenvalue weighted by Crippen LogP contribution is 2.29. The van der Waals surface area contributed by atoms with Crippen molar-refractivity contribution in [2.24, 2.45) is 0 Å². The second-order valence-corrected chi connectivity index (χ2v) is 9.12. The minimum absolute atomic E-state index is 0.0235. The summed E-state index contributed by atoms with van der Waals surface area (Å²) >= 11 is 0. The molecule has 0 N–H and O–H groups in total. The Balaban J connectivity index is 1.31. The monoisotopic (exact) mass is 474 g/mol. The van der Waals surface area contributed by atoms with Crippen molar-refractivity contribution in [2.75, 3.05) is 19.6 Å². The molecule has 0 aliphatic carbocycles. The van der Waals surface area contributed by atoms with Crippen LogP contribution in [0.2, 0.25) is 0 Å². The van der Waals surface area contributed by atoms with E-state index in [0.717, 1.165) is 29.4 Å². The van der Waals surface area contributed by atoms with E-state index in [1.807, 2.05) is 77.7 Å². The predicted octanol–water partition coefficient (Wildman–Crippen LogP) is 5.59. The number of fused-ring (bicyclic) bond motifs is 1. The Hall–Kier alpha value is -4.29. The smallest absolute Gasteiger partial charge is 0.254 e. The van der Waals surface area contributed by atoms with Crippen LogP contribution < -0.4 is 0 Å². The van der Waals surface area contributed by atoms with E-state index < -0.39 is 0 Å². The molecule has 36 heavy (non-hydrogen) atoms. The van der Waals surface area contributed by atoms with E-state index >= 15 is 0 Å². The first-order chi connectivity index (χ1) is 17.7. The zero-order chi connectivity index (χ0) is 24.3. The molecule has 6 rings (SSSR count). The number of hydrogen-bond donors (Lipinski definition) is 0. The lowest BCUT2D eigenvalue weighted by Crippen LogP contribution is -2.50. The van der Waals surface area contributed by atoms with Gasteiger partial charge in [0, 0.05) is 37.3 Å². The molecule has 0 bridgehead atoms. The number of rotatable bonds is 5. The molecule has 1 aliphatic rings. The summed E-state index contributed by atoms with van der Waals surface area (Å²) in [5, 5.41) is 6.40. The van der Waals surface area contributed by atoms with Gasteiger partial charge in [0.15, 0.2) is 0 Å². The molecule has 0 spiro atoms. The molecule has 6 nitrogen and oxygen atoms in total. The van der Waals surface area contributed by atoms with Gasteiger partial charge in [-0.25, -0.2) is 0 Å². The van der Waals surface area contributed by atoms with Crippen molar-refractivity contribution < 1.29 is 9.32 Å². The number of aromatic nitrogens is 2. The Morgan fingerprint density at radius 3 is 2.36 bits per heavy atom. The van der Waals surface area contributed by atoms with Crippen LogP contribution in [0.5, 0.6) is 0 Å². The number of piperazine rings is 1. The molecule has 1 atom stereocenters. The van der Waals surface area contributed by atoms with Crippen LogP contribution in [0.1, 0.15) is 27.9 Å². The molecule has 1 amide bonds. The van der Waals surface area contributed by atoms with E-state index in [-0.39, 0.29) is 11.9 Å². The van der Waals surface area contributed by atoms with E-state index in [9.17, 15) is 4.79 Å². The SMILES string of the molecule is O=C(c1ccc2ccccc2c1)N1CCN(Cc2ccccc2)CC1c1nc(-c2ccccc2)no1. The van der Waals surface area contributed by atoms with Gasteiger partial charge in [-0.05, 0) is 28.5 Å². The molecule has 0 radical (unpaired) electrons. The average Bonchev–Trinajstić information content (AvgIpc) is 3.44. The zero-order valence-electron chi connectivity index (χ0n) is 19.8. The van der Waals surface area contributed by atoms with Gasteiger partial charge in [0.2, 0.25) is 5.82 Å². The number of amides is 1. The lowest BCUT2D eigenvalue weighted by atomic mass is 10.0. The van der Waals surface area contributed by atoms with Gasteiger partial charge in [0.05, 0.1) is 0 Å². The molecule has 0 saturated carbocycles. The van der Waals surface area contributed by atoms with E-state index in [1.54, 1.807) is 0 Å². The summed E-state index contributed by atoms with van der Waals surface area (Å²) in [7, 11) is 0. The van der Waals surface area contributed by atoms with E-state index in [0.29, 0.717) is 30.4 Å². The molecule has 5 aromatic rings. The number of hydrogen-bond acceptors (Lipinski definition) is 5. The normalized spacial score (nSPS) is 16.3. The second-order valence-electron chi connectivity index (χ2n) is 9.12. The van der Waals surface area contributed by atoms with Crippen molar-refractivity contribution in [3.05, 3.63) is 120 Å². The predicted molar refractivity (Wildman–Crippen MR) is 139 cm³/mol. The minimum Gasteiger partial charge on any atom is -0.337 e. The van der Waals surface area contributed by atoms with Gasteiger partial charge in [-0.3, -0.25) is 9.69 Å². The maximum atomic E-state index is 13.8. The molecule has 4 aromatic carbocycles. The Morgan fingerprint density at radius 2 is 1.56 bits per heavy atom. The fraction of sp³-hybridized carbons (Fsp3) is 0.167. The van der Waals surface area contributed by atoms with Crippen molar-refractivity contribution in [3.8, 4) is 11.4 Å². The van der Waals surface area contributed by atoms with Gasteiger partial charge in [0.25, 0.3) is 11.8 Å². The summed E-state index contributed by atoms with van der Waals surface area (Å²) in [5.41, 5.74) is 2.79.